The number of sulfone groups is 1. The molecule has 0 fully saturated rings. The number of ether oxygens (including phenoxy) is 1. The fourth-order valence-corrected chi connectivity index (χ4v) is 3.79. The molecule has 2 rings (SSSR count). The van der Waals surface area contributed by atoms with E-state index in [0.29, 0.717) is 17.4 Å². The van der Waals surface area contributed by atoms with Crippen LogP contribution in [0.4, 0.5) is 0 Å². The summed E-state index contributed by atoms with van der Waals surface area (Å²) in [5.41, 5.74) is 2.26. The first-order chi connectivity index (χ1) is 13.0. The summed E-state index contributed by atoms with van der Waals surface area (Å²) in [4.78, 5) is 4.47. The van der Waals surface area contributed by atoms with Gasteiger partial charge in [0.15, 0.2) is 15.8 Å². The Morgan fingerprint density at radius 1 is 1.07 bits per heavy atom. The average molecular weight is 390 g/mol. The molecule has 0 spiro atoms. The van der Waals surface area contributed by atoms with E-state index in [4.69, 9.17) is 4.74 Å². The lowest BCUT2D eigenvalue weighted by Gasteiger charge is -2.13. The van der Waals surface area contributed by atoms with Crippen molar-refractivity contribution in [2.45, 2.75) is 18.2 Å². The SMILES string of the molecule is CN=C(NCCc1ccc(C)c(OC)c1)NCCS(=O)(=O)c1ccccc1. The molecule has 0 aromatic heterocycles. The number of nitrogens with zero attached hydrogens (tertiary/aromatic N) is 1. The number of hydrogen-bond donors (Lipinski definition) is 2. The molecule has 0 amide bonds. The predicted octanol–water partition coefficient (Wildman–Crippen LogP) is 2.19. The Kier molecular flexibility index (Phi) is 7.67. The third-order valence-corrected chi connectivity index (χ3v) is 5.90. The van der Waals surface area contributed by atoms with E-state index in [2.05, 4.69) is 21.7 Å². The zero-order valence-corrected chi connectivity index (χ0v) is 16.8. The molecule has 0 bridgehead atoms. The van der Waals surface area contributed by atoms with E-state index in [9.17, 15) is 8.42 Å². The van der Waals surface area contributed by atoms with Gasteiger partial charge in [-0.25, -0.2) is 8.42 Å². The van der Waals surface area contributed by atoms with Crippen LogP contribution in [0.5, 0.6) is 5.75 Å². The second-order valence-corrected chi connectivity index (χ2v) is 8.22. The maximum Gasteiger partial charge on any atom is 0.191 e. The van der Waals surface area contributed by atoms with Gasteiger partial charge in [0.25, 0.3) is 0 Å². The maximum atomic E-state index is 12.3. The molecular weight excluding hydrogens is 362 g/mol. The van der Waals surface area contributed by atoms with Crippen LogP contribution < -0.4 is 15.4 Å². The number of guanidine groups is 1. The van der Waals surface area contributed by atoms with Crippen LogP contribution in [0.1, 0.15) is 11.1 Å². The van der Waals surface area contributed by atoms with Gasteiger partial charge in [-0.2, -0.15) is 0 Å². The highest BCUT2D eigenvalue weighted by Crippen LogP contribution is 2.19. The molecule has 0 saturated carbocycles. The Balaban J connectivity index is 1.79. The van der Waals surface area contributed by atoms with Crippen molar-refractivity contribution in [3.63, 3.8) is 0 Å². The lowest BCUT2D eigenvalue weighted by molar-refractivity contribution is 0.411. The Morgan fingerprint density at radius 3 is 2.44 bits per heavy atom. The summed E-state index contributed by atoms with van der Waals surface area (Å²) in [5.74, 6) is 1.46. The summed E-state index contributed by atoms with van der Waals surface area (Å²) in [6.45, 7) is 2.97. The van der Waals surface area contributed by atoms with Crippen molar-refractivity contribution < 1.29 is 13.2 Å². The maximum absolute atomic E-state index is 12.3. The van der Waals surface area contributed by atoms with E-state index in [1.165, 1.54) is 0 Å². The van der Waals surface area contributed by atoms with Crippen molar-refractivity contribution in [3.05, 3.63) is 59.7 Å². The van der Waals surface area contributed by atoms with Crippen LogP contribution in [-0.2, 0) is 16.3 Å². The summed E-state index contributed by atoms with van der Waals surface area (Å²) in [5, 5.41) is 6.25. The highest BCUT2D eigenvalue weighted by molar-refractivity contribution is 7.91. The predicted molar refractivity (Wildman–Crippen MR) is 109 cm³/mol. The molecule has 0 aliphatic rings. The third kappa shape index (κ3) is 6.29. The normalized spacial score (nSPS) is 11.9. The van der Waals surface area contributed by atoms with Crippen LogP contribution >= 0.6 is 0 Å². The zero-order valence-electron chi connectivity index (χ0n) is 16.0. The minimum atomic E-state index is -3.30. The summed E-state index contributed by atoms with van der Waals surface area (Å²) in [6.07, 6.45) is 0.805. The van der Waals surface area contributed by atoms with Crippen molar-refractivity contribution in [1.29, 1.82) is 0 Å². The Hall–Kier alpha value is -2.54. The van der Waals surface area contributed by atoms with E-state index in [1.807, 2.05) is 19.1 Å². The summed E-state index contributed by atoms with van der Waals surface area (Å²) in [6, 6.07) is 14.6. The van der Waals surface area contributed by atoms with Crippen LogP contribution in [-0.4, -0.2) is 47.4 Å². The van der Waals surface area contributed by atoms with Crippen LogP contribution in [0.15, 0.2) is 58.4 Å². The van der Waals surface area contributed by atoms with E-state index in [0.717, 1.165) is 23.3 Å². The monoisotopic (exact) mass is 389 g/mol. The third-order valence-electron chi connectivity index (χ3n) is 4.17. The average Bonchev–Trinajstić information content (AvgIpc) is 2.68. The van der Waals surface area contributed by atoms with Crippen molar-refractivity contribution in [2.24, 2.45) is 4.99 Å². The lowest BCUT2D eigenvalue weighted by atomic mass is 10.1. The van der Waals surface area contributed by atoms with Crippen LogP contribution in [0.2, 0.25) is 0 Å². The fourth-order valence-electron chi connectivity index (χ4n) is 2.62. The molecular formula is C20H27N3O3S. The fraction of sp³-hybridized carbons (Fsp3) is 0.350. The number of hydrogen-bond acceptors (Lipinski definition) is 4. The molecule has 146 valence electrons. The first-order valence-corrected chi connectivity index (χ1v) is 10.5. The Labute approximate surface area is 161 Å². The molecule has 27 heavy (non-hydrogen) atoms. The van der Waals surface area contributed by atoms with E-state index in [-0.39, 0.29) is 12.3 Å². The van der Waals surface area contributed by atoms with Gasteiger partial charge >= 0.3 is 0 Å². The largest absolute Gasteiger partial charge is 0.496 e. The van der Waals surface area contributed by atoms with Gasteiger partial charge in [0, 0.05) is 20.1 Å². The highest BCUT2D eigenvalue weighted by atomic mass is 32.2. The molecule has 2 N–H and O–H groups in total. The van der Waals surface area contributed by atoms with Crippen molar-refractivity contribution >= 4 is 15.8 Å². The number of rotatable bonds is 8. The summed E-state index contributed by atoms with van der Waals surface area (Å²) < 4.78 is 29.9. The molecule has 0 atom stereocenters. The molecule has 2 aromatic carbocycles. The summed E-state index contributed by atoms with van der Waals surface area (Å²) in [7, 11) is 0.0303. The second-order valence-electron chi connectivity index (χ2n) is 6.11. The molecule has 6 nitrogen and oxygen atoms in total. The number of methoxy groups -OCH3 is 1. The van der Waals surface area contributed by atoms with E-state index in [1.54, 1.807) is 44.5 Å². The minimum Gasteiger partial charge on any atom is -0.496 e. The van der Waals surface area contributed by atoms with Crippen molar-refractivity contribution in [1.82, 2.24) is 10.6 Å². The number of aliphatic imine (C=N–C) groups is 1. The van der Waals surface area contributed by atoms with Crippen molar-refractivity contribution in [3.8, 4) is 5.75 Å². The topological polar surface area (TPSA) is 79.8 Å². The molecule has 2 aromatic rings. The van der Waals surface area contributed by atoms with Gasteiger partial charge in [0.1, 0.15) is 5.75 Å². The van der Waals surface area contributed by atoms with E-state index >= 15 is 0 Å². The molecule has 0 aliphatic heterocycles. The van der Waals surface area contributed by atoms with Crippen LogP contribution in [0.3, 0.4) is 0 Å². The zero-order chi connectivity index (χ0) is 19.7. The first kappa shape index (κ1) is 20.8. The molecule has 0 radical (unpaired) electrons. The van der Waals surface area contributed by atoms with E-state index < -0.39 is 9.84 Å². The minimum absolute atomic E-state index is 0.00682. The Bertz CT molecular complexity index is 865. The second kappa shape index (κ2) is 9.97. The Morgan fingerprint density at radius 2 is 1.78 bits per heavy atom. The van der Waals surface area contributed by atoms with Crippen molar-refractivity contribution in [2.75, 3.05) is 33.0 Å². The highest BCUT2D eigenvalue weighted by Gasteiger charge is 2.13. The molecule has 0 unspecified atom stereocenters. The van der Waals surface area contributed by atoms with Gasteiger partial charge in [-0.05, 0) is 42.7 Å². The van der Waals surface area contributed by atoms with Gasteiger partial charge in [-0.3, -0.25) is 4.99 Å². The molecule has 0 heterocycles. The first-order valence-electron chi connectivity index (χ1n) is 8.82. The number of benzene rings is 2. The number of nitrogens with one attached hydrogen (secondary N) is 2. The van der Waals surface area contributed by atoms with Gasteiger partial charge in [0.05, 0.1) is 17.8 Å². The number of aryl methyl sites for hydroxylation is 1. The van der Waals surface area contributed by atoms with Gasteiger partial charge in [-0.1, -0.05) is 30.3 Å². The van der Waals surface area contributed by atoms with Gasteiger partial charge in [-0.15, -0.1) is 0 Å². The molecule has 0 aliphatic carbocycles. The van der Waals surface area contributed by atoms with Crippen LogP contribution in [0, 0.1) is 6.92 Å². The van der Waals surface area contributed by atoms with Gasteiger partial charge in [0.2, 0.25) is 0 Å². The quantitative estimate of drug-likeness (QED) is 0.534. The van der Waals surface area contributed by atoms with Crippen LogP contribution in [0.25, 0.3) is 0 Å². The lowest BCUT2D eigenvalue weighted by Crippen LogP contribution is -2.40. The molecule has 7 heteroatoms. The smallest absolute Gasteiger partial charge is 0.191 e. The standard InChI is InChI=1S/C20H27N3O3S/c1-16-9-10-17(15-19(16)26-3)11-12-22-20(21-2)23-13-14-27(24,25)18-7-5-4-6-8-18/h4-10,15H,11-14H2,1-3H3,(H2,21,22,23). The molecule has 0 saturated heterocycles. The van der Waals surface area contributed by atoms with Gasteiger partial charge < -0.3 is 15.4 Å². The summed E-state index contributed by atoms with van der Waals surface area (Å²) >= 11 is 0.